The van der Waals surface area contributed by atoms with E-state index in [0.29, 0.717) is 30.1 Å². The number of carbonyl (C=O) groups excluding carboxylic acids is 1. The molecule has 2 saturated carbocycles. The molecule has 0 N–H and O–H groups in total. The number of hydrogen-bond acceptors (Lipinski definition) is 3. The lowest BCUT2D eigenvalue weighted by molar-refractivity contribution is -0.155. The molecule has 0 unspecified atom stereocenters. The molecule has 26 heavy (non-hydrogen) atoms. The molecule has 3 nitrogen and oxygen atoms in total. The van der Waals surface area contributed by atoms with Gasteiger partial charge in [0.05, 0.1) is 0 Å². The molecular formula is C23H38O3. The fourth-order valence-electron chi connectivity index (χ4n) is 4.26. The molecular weight excluding hydrogens is 324 g/mol. The smallest absolute Gasteiger partial charge is 0.373 e. The summed E-state index contributed by atoms with van der Waals surface area (Å²) in [4.78, 5) is 13.0. The summed E-state index contributed by atoms with van der Waals surface area (Å²) in [6.07, 6.45) is 14.0. The van der Waals surface area contributed by atoms with Crippen LogP contribution in [-0.2, 0) is 14.3 Å². The molecule has 0 aliphatic heterocycles. The lowest BCUT2D eigenvalue weighted by Crippen LogP contribution is -2.36. The molecule has 2 fully saturated rings. The molecule has 0 aromatic rings. The summed E-state index contributed by atoms with van der Waals surface area (Å²) in [6.45, 7) is 9.37. The summed E-state index contributed by atoms with van der Waals surface area (Å²) >= 11 is 0. The van der Waals surface area contributed by atoms with Crippen molar-refractivity contribution in [3.8, 4) is 0 Å². The Morgan fingerprint density at radius 2 is 1.92 bits per heavy atom. The lowest BCUT2D eigenvalue weighted by Gasteiger charge is -2.36. The highest BCUT2D eigenvalue weighted by atomic mass is 16.6. The van der Waals surface area contributed by atoms with Gasteiger partial charge in [-0.15, -0.1) is 0 Å². The Bertz CT molecular complexity index is 496. The van der Waals surface area contributed by atoms with Crippen LogP contribution >= 0.6 is 0 Å². The van der Waals surface area contributed by atoms with Gasteiger partial charge in [-0.1, -0.05) is 52.7 Å². The minimum absolute atomic E-state index is 0.0301. The van der Waals surface area contributed by atoms with Crippen molar-refractivity contribution in [1.82, 2.24) is 0 Å². The van der Waals surface area contributed by atoms with Crippen LogP contribution in [0.3, 0.4) is 0 Å². The van der Waals surface area contributed by atoms with Crippen molar-refractivity contribution in [2.24, 2.45) is 17.8 Å². The second kappa shape index (κ2) is 10.8. The van der Waals surface area contributed by atoms with E-state index in [1.54, 1.807) is 0 Å². The molecule has 3 atom stereocenters. The van der Waals surface area contributed by atoms with Crippen molar-refractivity contribution in [1.29, 1.82) is 0 Å². The van der Waals surface area contributed by atoms with E-state index in [9.17, 15) is 4.79 Å². The molecule has 2 rings (SSSR count). The van der Waals surface area contributed by atoms with Crippen molar-refractivity contribution in [3.63, 3.8) is 0 Å². The van der Waals surface area contributed by atoms with E-state index in [2.05, 4.69) is 33.8 Å². The zero-order chi connectivity index (χ0) is 18.9. The van der Waals surface area contributed by atoms with E-state index in [1.807, 2.05) is 6.08 Å². The van der Waals surface area contributed by atoms with Gasteiger partial charge in [-0.3, -0.25) is 0 Å². The molecule has 148 valence electrons. The van der Waals surface area contributed by atoms with Crippen LogP contribution in [0, 0.1) is 17.8 Å². The van der Waals surface area contributed by atoms with Crippen LogP contribution in [0.1, 0.15) is 85.5 Å². The van der Waals surface area contributed by atoms with Crippen molar-refractivity contribution in [2.45, 2.75) is 91.6 Å². The Balaban J connectivity index is 2.04. The highest BCUT2D eigenvalue weighted by Gasteiger charge is 2.35. The maximum absolute atomic E-state index is 13.0. The molecule has 0 bridgehead atoms. The highest BCUT2D eigenvalue weighted by molar-refractivity contribution is 5.87. The average Bonchev–Trinajstić information content (AvgIpc) is 3.12. The molecule has 2 aliphatic carbocycles. The third-order valence-electron chi connectivity index (χ3n) is 5.88. The number of esters is 1. The van der Waals surface area contributed by atoms with E-state index in [1.165, 1.54) is 6.42 Å². The maximum atomic E-state index is 13.0. The molecule has 0 heterocycles. The average molecular weight is 363 g/mol. The fourth-order valence-corrected chi connectivity index (χ4v) is 4.26. The first kappa shape index (κ1) is 21.1. The van der Waals surface area contributed by atoms with E-state index in [-0.39, 0.29) is 12.1 Å². The fraction of sp³-hybridized carbons (Fsp3) is 0.783. The Morgan fingerprint density at radius 1 is 1.19 bits per heavy atom. The molecule has 0 aromatic heterocycles. The zero-order valence-electron chi connectivity index (χ0n) is 17.3. The molecule has 3 heteroatoms. The third kappa shape index (κ3) is 6.17. The monoisotopic (exact) mass is 362 g/mol. The first-order chi connectivity index (χ1) is 12.5. The quantitative estimate of drug-likeness (QED) is 0.223. The highest BCUT2D eigenvalue weighted by Crippen LogP contribution is 2.36. The number of hydrogen-bond donors (Lipinski definition) is 0. The summed E-state index contributed by atoms with van der Waals surface area (Å²) in [5.41, 5.74) is 1.16. The van der Waals surface area contributed by atoms with Crippen LogP contribution in [-0.4, -0.2) is 18.7 Å². The van der Waals surface area contributed by atoms with Crippen molar-refractivity contribution >= 4 is 5.97 Å². The number of carbonyl (C=O) groups is 1. The predicted octanol–water partition coefficient (Wildman–Crippen LogP) is 6.19. The van der Waals surface area contributed by atoms with E-state index in [4.69, 9.17) is 9.47 Å². The molecule has 0 amide bonds. The van der Waals surface area contributed by atoms with Gasteiger partial charge < -0.3 is 9.47 Å². The van der Waals surface area contributed by atoms with Crippen molar-refractivity contribution in [3.05, 3.63) is 23.5 Å². The number of ether oxygens (including phenoxy) is 2. The SMILES string of the molecule is CCC/C=C\COC(C(=O)O[C@@H]1C[C@H](C)CC[C@H]1C(C)C)=C1CCCC1. The second-order valence-electron chi connectivity index (χ2n) is 8.48. The topological polar surface area (TPSA) is 35.5 Å². The van der Waals surface area contributed by atoms with E-state index in [0.717, 1.165) is 56.9 Å². The standard InChI is InChI=1S/C23H38O3/c1-5-6-7-10-15-25-22(19-11-8-9-12-19)23(24)26-21-16-18(4)13-14-20(21)17(2)3/h7,10,17-18,20-21H,5-6,8-9,11-16H2,1-4H3/b10-7-/t18-,20+,21-/m1/s1. The Labute approximate surface area is 160 Å². The summed E-state index contributed by atoms with van der Waals surface area (Å²) in [7, 11) is 0. The minimum atomic E-state index is -0.226. The van der Waals surface area contributed by atoms with Gasteiger partial charge in [0.15, 0.2) is 0 Å². The molecule has 0 aromatic carbocycles. The van der Waals surface area contributed by atoms with Crippen molar-refractivity contribution in [2.75, 3.05) is 6.61 Å². The van der Waals surface area contributed by atoms with Crippen LogP contribution in [0.15, 0.2) is 23.5 Å². The summed E-state index contributed by atoms with van der Waals surface area (Å²) in [5, 5.41) is 0. The Kier molecular flexibility index (Phi) is 8.74. The molecule has 0 spiro atoms. The van der Waals surface area contributed by atoms with E-state index < -0.39 is 0 Å². The Morgan fingerprint density at radius 3 is 2.58 bits per heavy atom. The van der Waals surface area contributed by atoms with E-state index >= 15 is 0 Å². The van der Waals surface area contributed by atoms with Crippen LogP contribution in [0.25, 0.3) is 0 Å². The second-order valence-corrected chi connectivity index (χ2v) is 8.48. The number of unbranched alkanes of at least 4 members (excludes halogenated alkanes) is 1. The van der Waals surface area contributed by atoms with Gasteiger partial charge in [0.25, 0.3) is 0 Å². The van der Waals surface area contributed by atoms with Crippen LogP contribution in [0.2, 0.25) is 0 Å². The van der Waals surface area contributed by atoms with Gasteiger partial charge in [-0.2, -0.15) is 0 Å². The van der Waals surface area contributed by atoms with Crippen LogP contribution in [0.4, 0.5) is 0 Å². The first-order valence-electron chi connectivity index (χ1n) is 10.7. The van der Waals surface area contributed by atoms with Gasteiger partial charge >= 0.3 is 5.97 Å². The normalized spacial score (nSPS) is 26.5. The predicted molar refractivity (Wildman–Crippen MR) is 107 cm³/mol. The molecule has 2 aliphatic rings. The third-order valence-corrected chi connectivity index (χ3v) is 5.88. The maximum Gasteiger partial charge on any atom is 0.373 e. The van der Waals surface area contributed by atoms with Crippen LogP contribution in [0.5, 0.6) is 0 Å². The van der Waals surface area contributed by atoms with Gasteiger partial charge in [-0.05, 0) is 68.3 Å². The lowest BCUT2D eigenvalue weighted by atomic mass is 9.75. The van der Waals surface area contributed by atoms with Crippen LogP contribution < -0.4 is 0 Å². The first-order valence-corrected chi connectivity index (χ1v) is 10.7. The molecule has 0 radical (unpaired) electrons. The number of rotatable bonds is 8. The van der Waals surface area contributed by atoms with Gasteiger partial charge in [-0.25, -0.2) is 4.79 Å². The summed E-state index contributed by atoms with van der Waals surface area (Å²) < 4.78 is 12.0. The van der Waals surface area contributed by atoms with Gasteiger partial charge in [0.2, 0.25) is 5.76 Å². The van der Waals surface area contributed by atoms with Gasteiger partial charge in [0.1, 0.15) is 12.7 Å². The summed E-state index contributed by atoms with van der Waals surface area (Å²) in [5.74, 6) is 1.92. The number of allylic oxidation sites excluding steroid dienone is 2. The zero-order valence-corrected chi connectivity index (χ0v) is 17.3. The molecule has 0 saturated heterocycles. The Hall–Kier alpha value is -1.25. The van der Waals surface area contributed by atoms with Crippen molar-refractivity contribution < 1.29 is 14.3 Å². The van der Waals surface area contributed by atoms with Gasteiger partial charge in [0, 0.05) is 0 Å². The summed E-state index contributed by atoms with van der Waals surface area (Å²) in [6, 6.07) is 0. The minimum Gasteiger partial charge on any atom is -0.482 e. The largest absolute Gasteiger partial charge is 0.482 e.